The van der Waals surface area contributed by atoms with Crippen molar-refractivity contribution in [3.8, 4) is 0 Å². The number of dihydropyridines is 1. The molecule has 0 aromatic rings. The molecule has 3 rings (SSSR count). The van der Waals surface area contributed by atoms with Crippen molar-refractivity contribution in [3.63, 3.8) is 0 Å². The fraction of sp³-hybridized carbons (Fsp3) is 0.500. The lowest BCUT2D eigenvalue weighted by Crippen LogP contribution is -2.43. The third kappa shape index (κ3) is 2.76. The van der Waals surface area contributed by atoms with Gasteiger partial charge in [-0.25, -0.2) is 0 Å². The van der Waals surface area contributed by atoms with Crippen molar-refractivity contribution in [2.45, 2.75) is 32.0 Å². The monoisotopic (exact) mass is 323 g/mol. The van der Waals surface area contributed by atoms with Gasteiger partial charge in [-0.15, -0.1) is 0 Å². The Balaban J connectivity index is 1.83. The number of rotatable bonds is 2. The quantitative estimate of drug-likeness (QED) is 0.728. The van der Waals surface area contributed by atoms with Crippen LogP contribution in [-0.4, -0.2) is 19.0 Å². The summed E-state index contributed by atoms with van der Waals surface area (Å²) in [6.07, 6.45) is 10.2. The van der Waals surface area contributed by atoms with Crippen LogP contribution in [0.25, 0.3) is 0 Å². The summed E-state index contributed by atoms with van der Waals surface area (Å²) >= 11 is 6.04. The van der Waals surface area contributed by atoms with Gasteiger partial charge in [0, 0.05) is 30.1 Å². The Morgan fingerprint density at radius 1 is 1.45 bits per heavy atom. The van der Waals surface area contributed by atoms with Gasteiger partial charge in [0.15, 0.2) is 5.79 Å². The Bertz CT molecular complexity index is 560. The fourth-order valence-electron chi connectivity index (χ4n) is 3.25. The molecule has 3 aliphatic rings. The van der Waals surface area contributed by atoms with Crippen LogP contribution < -0.4 is 16.4 Å². The van der Waals surface area contributed by atoms with Crippen molar-refractivity contribution < 1.29 is 9.47 Å². The van der Waals surface area contributed by atoms with Crippen LogP contribution >= 0.6 is 11.6 Å². The Morgan fingerprint density at radius 2 is 2.23 bits per heavy atom. The van der Waals surface area contributed by atoms with Gasteiger partial charge in [-0.05, 0) is 25.3 Å². The topological polar surface area (TPSA) is 68.5 Å². The zero-order valence-corrected chi connectivity index (χ0v) is 13.5. The minimum absolute atomic E-state index is 0.350. The molecule has 2 aliphatic heterocycles. The summed E-state index contributed by atoms with van der Waals surface area (Å²) < 4.78 is 12.0. The van der Waals surface area contributed by atoms with Gasteiger partial charge in [-0.3, -0.25) is 0 Å². The average molecular weight is 324 g/mol. The van der Waals surface area contributed by atoms with E-state index in [9.17, 15) is 0 Å². The third-order valence-electron chi connectivity index (χ3n) is 4.40. The number of hydrogen-bond donors (Lipinski definition) is 3. The molecule has 0 bridgehead atoms. The molecule has 1 saturated heterocycles. The van der Waals surface area contributed by atoms with Gasteiger partial charge in [0.25, 0.3) is 0 Å². The van der Waals surface area contributed by atoms with Gasteiger partial charge in [0.05, 0.1) is 29.6 Å². The molecule has 2 heterocycles. The molecule has 4 N–H and O–H groups in total. The van der Waals surface area contributed by atoms with Crippen LogP contribution in [0.2, 0.25) is 0 Å². The van der Waals surface area contributed by atoms with Crippen LogP contribution in [0.5, 0.6) is 0 Å². The predicted octanol–water partition coefficient (Wildman–Crippen LogP) is 2.39. The number of nitrogens with one attached hydrogen (secondary N) is 2. The lowest BCUT2D eigenvalue weighted by Gasteiger charge is -2.39. The molecular weight excluding hydrogens is 302 g/mol. The van der Waals surface area contributed by atoms with Gasteiger partial charge >= 0.3 is 0 Å². The van der Waals surface area contributed by atoms with Crippen molar-refractivity contribution >= 4 is 11.6 Å². The number of nitrogens with two attached hydrogens (primary N) is 1. The molecule has 22 heavy (non-hydrogen) atoms. The van der Waals surface area contributed by atoms with E-state index in [-0.39, 0.29) is 0 Å². The second-order valence-corrected chi connectivity index (χ2v) is 6.22. The number of allylic oxidation sites excluding steroid dienone is 2. The SMILES string of the molecule is CC1CCC/C(=C\NC2=CC(Cl)=CN/C2=C\N)C12OCCO2. The number of halogens is 1. The van der Waals surface area contributed by atoms with Gasteiger partial charge in [0.1, 0.15) is 0 Å². The first-order valence-corrected chi connectivity index (χ1v) is 8.03. The van der Waals surface area contributed by atoms with Crippen LogP contribution in [0, 0.1) is 5.92 Å². The summed E-state index contributed by atoms with van der Waals surface area (Å²) in [6, 6.07) is 0. The highest BCUT2D eigenvalue weighted by Crippen LogP contribution is 2.43. The van der Waals surface area contributed by atoms with E-state index in [2.05, 4.69) is 17.6 Å². The molecule has 0 aromatic heterocycles. The van der Waals surface area contributed by atoms with Gasteiger partial charge < -0.3 is 25.8 Å². The lowest BCUT2D eigenvalue weighted by molar-refractivity contribution is -0.172. The summed E-state index contributed by atoms with van der Waals surface area (Å²) in [4.78, 5) is 0. The van der Waals surface area contributed by atoms with E-state index in [1.807, 2.05) is 12.3 Å². The fourth-order valence-corrected chi connectivity index (χ4v) is 3.42. The van der Waals surface area contributed by atoms with E-state index in [1.54, 1.807) is 6.20 Å². The highest BCUT2D eigenvalue weighted by molar-refractivity contribution is 6.31. The summed E-state index contributed by atoms with van der Waals surface area (Å²) in [5.74, 6) is -0.219. The summed E-state index contributed by atoms with van der Waals surface area (Å²) in [6.45, 7) is 3.48. The van der Waals surface area contributed by atoms with Crippen LogP contribution in [0.1, 0.15) is 26.2 Å². The smallest absolute Gasteiger partial charge is 0.195 e. The lowest BCUT2D eigenvalue weighted by atomic mass is 9.81. The van der Waals surface area contributed by atoms with E-state index in [1.165, 1.54) is 6.20 Å². The molecule has 5 nitrogen and oxygen atoms in total. The highest BCUT2D eigenvalue weighted by Gasteiger charge is 2.47. The summed E-state index contributed by atoms with van der Waals surface area (Å²) in [5, 5.41) is 6.96. The zero-order chi connectivity index (χ0) is 15.6. The first-order valence-electron chi connectivity index (χ1n) is 7.66. The molecule has 1 atom stereocenters. The van der Waals surface area contributed by atoms with Crippen LogP contribution in [-0.2, 0) is 9.47 Å². The van der Waals surface area contributed by atoms with Crippen molar-refractivity contribution in [3.05, 3.63) is 46.7 Å². The second-order valence-electron chi connectivity index (χ2n) is 5.78. The second kappa shape index (κ2) is 6.36. The minimum Gasteiger partial charge on any atom is -0.403 e. The zero-order valence-electron chi connectivity index (χ0n) is 12.7. The van der Waals surface area contributed by atoms with E-state index in [4.69, 9.17) is 26.8 Å². The molecular formula is C16H22ClN3O2. The van der Waals surface area contributed by atoms with Gasteiger partial charge in [0.2, 0.25) is 0 Å². The molecule has 0 radical (unpaired) electrons. The van der Waals surface area contributed by atoms with Crippen LogP contribution in [0.4, 0.5) is 0 Å². The van der Waals surface area contributed by atoms with Crippen molar-refractivity contribution in [2.75, 3.05) is 13.2 Å². The highest BCUT2D eigenvalue weighted by atomic mass is 35.5. The van der Waals surface area contributed by atoms with Gasteiger partial charge in [-0.2, -0.15) is 0 Å². The van der Waals surface area contributed by atoms with Crippen molar-refractivity contribution in [2.24, 2.45) is 11.7 Å². The van der Waals surface area contributed by atoms with Crippen molar-refractivity contribution in [1.29, 1.82) is 0 Å². The Kier molecular flexibility index (Phi) is 4.47. The maximum Gasteiger partial charge on any atom is 0.195 e. The molecule has 1 saturated carbocycles. The largest absolute Gasteiger partial charge is 0.403 e. The maximum atomic E-state index is 6.04. The average Bonchev–Trinajstić information content (AvgIpc) is 3.00. The molecule has 0 aromatic carbocycles. The Labute approximate surface area is 135 Å². The first kappa shape index (κ1) is 15.5. The maximum absolute atomic E-state index is 6.04. The molecule has 0 amide bonds. The molecule has 1 spiro atoms. The molecule has 120 valence electrons. The molecule has 1 aliphatic carbocycles. The summed E-state index contributed by atoms with van der Waals surface area (Å²) in [5.41, 5.74) is 8.40. The van der Waals surface area contributed by atoms with Crippen LogP contribution in [0.15, 0.2) is 46.7 Å². The van der Waals surface area contributed by atoms with E-state index in [0.717, 1.165) is 36.2 Å². The van der Waals surface area contributed by atoms with E-state index < -0.39 is 5.79 Å². The molecule has 1 unspecified atom stereocenters. The summed E-state index contributed by atoms with van der Waals surface area (Å²) in [7, 11) is 0. The standard InChI is InChI=1S/C16H22ClN3O2/c1-11-3-2-4-12(16(11)21-5-6-22-16)9-19-14-7-13(17)10-20-15(14)8-18/h7-11,19-20H,2-6,18H2,1H3/b12-9+,15-8-. The van der Waals surface area contributed by atoms with E-state index >= 15 is 0 Å². The third-order valence-corrected chi connectivity index (χ3v) is 4.62. The molecule has 2 fully saturated rings. The number of hydrogen-bond acceptors (Lipinski definition) is 5. The van der Waals surface area contributed by atoms with Gasteiger partial charge in [-0.1, -0.05) is 18.5 Å². The first-order chi connectivity index (χ1) is 10.7. The number of ether oxygens (including phenoxy) is 2. The normalized spacial score (nSPS) is 31.1. The van der Waals surface area contributed by atoms with E-state index in [0.29, 0.717) is 24.2 Å². The Morgan fingerprint density at radius 3 is 2.95 bits per heavy atom. The van der Waals surface area contributed by atoms with Crippen molar-refractivity contribution in [1.82, 2.24) is 10.6 Å². The Hall–Kier alpha value is -1.43. The molecule has 6 heteroatoms. The van der Waals surface area contributed by atoms with Crippen LogP contribution in [0.3, 0.4) is 0 Å². The predicted molar refractivity (Wildman–Crippen MR) is 86.3 cm³/mol. The minimum atomic E-state index is -0.569.